The van der Waals surface area contributed by atoms with Crippen molar-refractivity contribution in [2.75, 3.05) is 13.1 Å². The molecule has 0 radical (unpaired) electrons. The minimum Gasteiger partial charge on any atom is -0.384 e. The minimum atomic E-state index is -0.0830. The molecule has 3 aromatic rings. The second-order valence-corrected chi connectivity index (χ2v) is 8.00. The van der Waals surface area contributed by atoms with Crippen molar-refractivity contribution in [3.05, 3.63) is 70.9 Å². The first-order valence-electron chi connectivity index (χ1n) is 9.85. The first-order valence-corrected chi connectivity index (χ1v) is 9.85. The first kappa shape index (κ1) is 20.6. The van der Waals surface area contributed by atoms with Crippen molar-refractivity contribution in [1.82, 2.24) is 10.3 Å². The van der Waals surface area contributed by atoms with E-state index in [0.717, 1.165) is 22.9 Å². The molecule has 1 amide bonds. The van der Waals surface area contributed by atoms with Crippen molar-refractivity contribution in [1.29, 1.82) is 5.41 Å². The first-order chi connectivity index (χ1) is 13.8. The maximum Gasteiger partial charge on any atom is 0.251 e. The zero-order valence-electron chi connectivity index (χ0n) is 17.0. The molecule has 0 fully saturated rings. The molecule has 6 nitrogen and oxygen atoms in total. The van der Waals surface area contributed by atoms with Crippen molar-refractivity contribution >= 4 is 22.6 Å². The fourth-order valence-electron chi connectivity index (χ4n) is 3.55. The van der Waals surface area contributed by atoms with Gasteiger partial charge in [-0.3, -0.25) is 10.2 Å². The van der Waals surface area contributed by atoms with Gasteiger partial charge in [0.1, 0.15) is 5.84 Å². The minimum absolute atomic E-state index is 0.000642. The van der Waals surface area contributed by atoms with Gasteiger partial charge in [-0.05, 0) is 60.2 Å². The van der Waals surface area contributed by atoms with E-state index in [1.807, 2.05) is 42.5 Å². The third-order valence-corrected chi connectivity index (χ3v) is 5.43. The van der Waals surface area contributed by atoms with Crippen molar-refractivity contribution in [3.8, 4) is 0 Å². The van der Waals surface area contributed by atoms with Gasteiger partial charge in [0.25, 0.3) is 5.91 Å². The highest BCUT2D eigenvalue weighted by Crippen LogP contribution is 2.26. The molecule has 0 aliphatic carbocycles. The summed E-state index contributed by atoms with van der Waals surface area (Å²) in [6.45, 7) is 5.49. The zero-order chi connectivity index (χ0) is 21.0. The fourth-order valence-corrected chi connectivity index (χ4v) is 3.55. The highest BCUT2D eigenvalue weighted by atomic mass is 16.1. The molecule has 0 saturated heterocycles. The van der Waals surface area contributed by atoms with Gasteiger partial charge in [0.2, 0.25) is 0 Å². The van der Waals surface area contributed by atoms with Gasteiger partial charge in [0.15, 0.2) is 0 Å². The molecule has 1 aromatic heterocycles. The van der Waals surface area contributed by atoms with Crippen LogP contribution >= 0.6 is 0 Å². The molecule has 6 heteroatoms. The third-order valence-electron chi connectivity index (χ3n) is 5.43. The molecule has 0 atom stereocenters. The molecule has 29 heavy (non-hydrogen) atoms. The van der Waals surface area contributed by atoms with E-state index in [2.05, 4.69) is 24.1 Å². The highest BCUT2D eigenvalue weighted by molar-refractivity contribution is 6.07. The average Bonchev–Trinajstić information content (AvgIpc) is 3.11. The van der Waals surface area contributed by atoms with Crippen LogP contribution in [0, 0.1) is 5.41 Å². The highest BCUT2D eigenvalue weighted by Gasteiger charge is 2.19. The van der Waals surface area contributed by atoms with Crippen LogP contribution in [-0.2, 0) is 11.8 Å². The summed E-state index contributed by atoms with van der Waals surface area (Å²) in [5.41, 5.74) is 15.9. The number of rotatable bonds is 8. The third kappa shape index (κ3) is 4.66. The molecule has 0 aliphatic heterocycles. The topological polar surface area (TPSA) is 121 Å². The maximum atomic E-state index is 12.5. The lowest BCUT2D eigenvalue weighted by molar-refractivity contribution is 0.0954. The summed E-state index contributed by atoms with van der Waals surface area (Å²) >= 11 is 0. The molecule has 152 valence electrons. The molecule has 0 aliphatic rings. The van der Waals surface area contributed by atoms with E-state index in [-0.39, 0.29) is 17.2 Å². The zero-order valence-corrected chi connectivity index (χ0v) is 17.0. The second kappa shape index (κ2) is 8.49. The van der Waals surface area contributed by atoms with Crippen molar-refractivity contribution in [2.45, 2.75) is 32.1 Å². The van der Waals surface area contributed by atoms with Crippen LogP contribution in [0.25, 0.3) is 10.9 Å². The van der Waals surface area contributed by atoms with Crippen LogP contribution in [-0.4, -0.2) is 29.8 Å². The summed E-state index contributed by atoms with van der Waals surface area (Å²) in [5, 5.41) is 11.6. The van der Waals surface area contributed by atoms with Gasteiger partial charge in [0.05, 0.1) is 0 Å². The van der Waals surface area contributed by atoms with E-state index in [1.54, 1.807) is 6.20 Å². The Balaban J connectivity index is 1.60. The van der Waals surface area contributed by atoms with Crippen LogP contribution in [0.3, 0.4) is 0 Å². The van der Waals surface area contributed by atoms with Gasteiger partial charge in [-0.1, -0.05) is 32.0 Å². The van der Waals surface area contributed by atoms with Gasteiger partial charge >= 0.3 is 0 Å². The number of aromatic amines is 1. The standard InChI is InChI=1S/C23H29N5O/c1-23(2,10-11-24)17-6-4-16(5-7-17)22(29)27-12-9-15-3-8-20-18(13-15)19(14-28-20)21(25)26/h3-8,13-14,28H,9-12,24H2,1-2H3,(H3,25,26)(H,27,29). The number of amides is 1. The Morgan fingerprint density at radius 1 is 1.17 bits per heavy atom. The molecular formula is C23H29N5O. The molecule has 7 N–H and O–H groups in total. The number of fused-ring (bicyclic) bond motifs is 1. The van der Waals surface area contributed by atoms with Crippen LogP contribution in [0.1, 0.15) is 47.3 Å². The lowest BCUT2D eigenvalue weighted by atomic mass is 9.81. The summed E-state index contributed by atoms with van der Waals surface area (Å²) < 4.78 is 0. The summed E-state index contributed by atoms with van der Waals surface area (Å²) in [4.78, 5) is 15.6. The molecule has 0 bridgehead atoms. The number of carbonyl (C=O) groups excluding carboxylic acids is 1. The van der Waals surface area contributed by atoms with Crippen molar-refractivity contribution in [3.63, 3.8) is 0 Å². The number of H-pyrrole nitrogens is 1. The van der Waals surface area contributed by atoms with Gasteiger partial charge < -0.3 is 21.8 Å². The number of amidine groups is 1. The lowest BCUT2D eigenvalue weighted by Gasteiger charge is -2.24. The molecule has 0 spiro atoms. The van der Waals surface area contributed by atoms with Crippen LogP contribution in [0.4, 0.5) is 0 Å². The molecular weight excluding hydrogens is 362 g/mol. The Kier molecular flexibility index (Phi) is 6.03. The maximum absolute atomic E-state index is 12.5. The van der Waals surface area contributed by atoms with Gasteiger partial charge in [-0.25, -0.2) is 0 Å². The Hall–Kier alpha value is -3.12. The smallest absolute Gasteiger partial charge is 0.251 e. The predicted molar refractivity (Wildman–Crippen MR) is 118 cm³/mol. The number of nitrogens with two attached hydrogens (primary N) is 2. The number of hydrogen-bond acceptors (Lipinski definition) is 3. The largest absolute Gasteiger partial charge is 0.384 e. The van der Waals surface area contributed by atoms with Crippen molar-refractivity contribution in [2.24, 2.45) is 11.5 Å². The molecule has 3 rings (SSSR count). The summed E-state index contributed by atoms with van der Waals surface area (Å²) in [6.07, 6.45) is 3.35. The molecule has 0 saturated carbocycles. The number of aromatic nitrogens is 1. The van der Waals surface area contributed by atoms with Crippen molar-refractivity contribution < 1.29 is 4.79 Å². The van der Waals surface area contributed by atoms with Crippen LogP contribution in [0.5, 0.6) is 0 Å². The van der Waals surface area contributed by atoms with Gasteiger partial charge in [-0.2, -0.15) is 0 Å². The fraction of sp³-hybridized carbons (Fsp3) is 0.304. The average molecular weight is 392 g/mol. The lowest BCUT2D eigenvalue weighted by Crippen LogP contribution is -2.26. The Labute approximate surface area is 171 Å². The Morgan fingerprint density at radius 2 is 1.90 bits per heavy atom. The van der Waals surface area contributed by atoms with Crippen LogP contribution in [0.15, 0.2) is 48.7 Å². The predicted octanol–water partition coefficient (Wildman–Crippen LogP) is 3.05. The van der Waals surface area contributed by atoms with E-state index in [4.69, 9.17) is 16.9 Å². The van der Waals surface area contributed by atoms with E-state index < -0.39 is 0 Å². The summed E-state index contributed by atoms with van der Waals surface area (Å²) in [5.74, 6) is -0.0416. The number of nitrogens with one attached hydrogen (secondary N) is 3. The normalized spacial score (nSPS) is 11.6. The number of carbonyl (C=O) groups is 1. The van der Waals surface area contributed by atoms with E-state index >= 15 is 0 Å². The number of hydrogen-bond donors (Lipinski definition) is 5. The molecule has 2 aromatic carbocycles. The van der Waals surface area contributed by atoms with Gasteiger partial charge in [-0.15, -0.1) is 0 Å². The molecule has 1 heterocycles. The van der Waals surface area contributed by atoms with Crippen LogP contribution < -0.4 is 16.8 Å². The van der Waals surface area contributed by atoms with Gasteiger partial charge in [0, 0.05) is 34.8 Å². The molecule has 0 unspecified atom stereocenters. The van der Waals surface area contributed by atoms with E-state index in [0.29, 0.717) is 30.6 Å². The SMILES string of the molecule is CC(C)(CCN)c1ccc(C(=O)NCCc2ccc3[nH]cc(C(=N)N)c3c2)cc1. The van der Waals surface area contributed by atoms with Crippen LogP contribution in [0.2, 0.25) is 0 Å². The van der Waals surface area contributed by atoms with E-state index in [1.165, 1.54) is 5.56 Å². The Bertz CT molecular complexity index is 1020. The monoisotopic (exact) mass is 391 g/mol. The second-order valence-electron chi connectivity index (χ2n) is 8.00. The Morgan fingerprint density at radius 3 is 2.55 bits per heavy atom. The van der Waals surface area contributed by atoms with E-state index in [9.17, 15) is 4.79 Å². The number of nitrogen functional groups attached to an aromatic ring is 1. The quantitative estimate of drug-likeness (QED) is 0.300. The summed E-state index contributed by atoms with van der Waals surface area (Å²) in [6, 6.07) is 13.8. The summed E-state index contributed by atoms with van der Waals surface area (Å²) in [7, 11) is 0. The number of benzene rings is 2.